The van der Waals surface area contributed by atoms with E-state index in [0.29, 0.717) is 24.6 Å². The zero-order chi connectivity index (χ0) is 19.1. The van der Waals surface area contributed by atoms with E-state index in [0.717, 1.165) is 13.0 Å². The highest BCUT2D eigenvalue weighted by atomic mass is 127. The first kappa shape index (κ1) is 22.1. The van der Waals surface area contributed by atoms with Gasteiger partial charge in [0.1, 0.15) is 5.82 Å². The van der Waals surface area contributed by atoms with Crippen LogP contribution in [0.2, 0.25) is 0 Å². The van der Waals surface area contributed by atoms with E-state index >= 15 is 0 Å². The summed E-state index contributed by atoms with van der Waals surface area (Å²) in [4.78, 5) is 18.8. The summed E-state index contributed by atoms with van der Waals surface area (Å²) in [5, 5.41) is 6.15. The summed E-state index contributed by atoms with van der Waals surface area (Å²) in [5.74, 6) is 0.257. The molecule has 0 spiro atoms. The molecule has 1 aliphatic heterocycles. The summed E-state index contributed by atoms with van der Waals surface area (Å²) in [5.41, 5.74) is 3.04. The Kier molecular flexibility index (Phi) is 8.69. The summed E-state index contributed by atoms with van der Waals surface area (Å²) in [7, 11) is 0. The number of halogens is 2. The molecule has 3 rings (SSSR count). The summed E-state index contributed by atoms with van der Waals surface area (Å²) in [6.45, 7) is 4.34. The lowest BCUT2D eigenvalue weighted by atomic mass is 10.00. The van der Waals surface area contributed by atoms with Crippen LogP contribution >= 0.6 is 24.0 Å². The van der Waals surface area contributed by atoms with E-state index in [4.69, 9.17) is 0 Å². The molecule has 0 aliphatic carbocycles. The number of aliphatic imine (C=N–C) groups is 1. The Balaban J connectivity index is 0.00000280. The molecule has 7 heteroatoms. The van der Waals surface area contributed by atoms with Crippen molar-refractivity contribution in [2.24, 2.45) is 4.99 Å². The van der Waals surface area contributed by atoms with Crippen LogP contribution < -0.4 is 10.6 Å². The van der Waals surface area contributed by atoms with Crippen LogP contribution in [0.3, 0.4) is 0 Å². The molecule has 5 nitrogen and oxygen atoms in total. The van der Waals surface area contributed by atoms with Crippen molar-refractivity contribution in [2.75, 3.05) is 19.6 Å². The fraction of sp³-hybridized carbons (Fsp3) is 0.333. The summed E-state index contributed by atoms with van der Waals surface area (Å²) in [6.07, 6.45) is 0.878. The Bertz CT molecular complexity index is 828. The molecule has 1 amide bonds. The largest absolute Gasteiger partial charge is 0.357 e. The molecule has 28 heavy (non-hydrogen) atoms. The first-order valence-electron chi connectivity index (χ1n) is 9.27. The van der Waals surface area contributed by atoms with Crippen LogP contribution in [0.5, 0.6) is 0 Å². The zero-order valence-corrected chi connectivity index (χ0v) is 18.3. The lowest BCUT2D eigenvalue weighted by molar-refractivity contribution is -0.130. The van der Waals surface area contributed by atoms with Gasteiger partial charge in [0.2, 0.25) is 5.91 Å². The monoisotopic (exact) mass is 496 g/mol. The van der Waals surface area contributed by atoms with Gasteiger partial charge in [-0.1, -0.05) is 42.5 Å². The lowest BCUT2D eigenvalue weighted by Gasteiger charge is -2.29. The van der Waals surface area contributed by atoms with Crippen molar-refractivity contribution in [3.8, 4) is 0 Å². The minimum atomic E-state index is -0.278. The van der Waals surface area contributed by atoms with Gasteiger partial charge in [-0.15, -0.1) is 24.0 Å². The highest BCUT2D eigenvalue weighted by molar-refractivity contribution is 14.0. The Hall–Kier alpha value is -2.16. The standard InChI is InChI=1S/C21H25FN4O.HI/c1-2-23-21(24-13-17-8-5-6-10-19(17)22)25-14-20(27)26-12-11-16-7-3-4-9-18(16)15-26;/h3-10H,2,11-15H2,1H3,(H2,23,24,25);1H. The molecular formula is C21H26FIN4O. The van der Waals surface area contributed by atoms with Gasteiger partial charge in [0.15, 0.2) is 5.96 Å². The van der Waals surface area contributed by atoms with Gasteiger partial charge >= 0.3 is 0 Å². The van der Waals surface area contributed by atoms with Crippen molar-refractivity contribution in [1.29, 1.82) is 0 Å². The fourth-order valence-corrected chi connectivity index (χ4v) is 3.11. The highest BCUT2D eigenvalue weighted by Gasteiger charge is 2.20. The maximum atomic E-state index is 13.7. The smallest absolute Gasteiger partial charge is 0.242 e. The van der Waals surface area contributed by atoms with Crippen LogP contribution in [0.15, 0.2) is 53.5 Å². The van der Waals surface area contributed by atoms with Crippen LogP contribution in [0, 0.1) is 5.82 Å². The van der Waals surface area contributed by atoms with E-state index in [-0.39, 0.29) is 48.8 Å². The third-order valence-corrected chi connectivity index (χ3v) is 4.60. The topological polar surface area (TPSA) is 56.7 Å². The molecule has 0 saturated carbocycles. The Morgan fingerprint density at radius 3 is 2.57 bits per heavy atom. The molecule has 0 atom stereocenters. The first-order valence-corrected chi connectivity index (χ1v) is 9.27. The second-order valence-electron chi connectivity index (χ2n) is 6.47. The van der Waals surface area contributed by atoms with Gasteiger partial charge in [0.05, 0.1) is 13.1 Å². The first-order chi connectivity index (χ1) is 13.2. The normalized spacial score (nSPS) is 13.4. The second kappa shape index (κ2) is 11.0. The minimum absolute atomic E-state index is 0. The average molecular weight is 496 g/mol. The molecule has 0 unspecified atom stereocenters. The van der Waals surface area contributed by atoms with E-state index < -0.39 is 0 Å². The van der Waals surface area contributed by atoms with Crippen molar-refractivity contribution in [1.82, 2.24) is 15.5 Å². The van der Waals surface area contributed by atoms with Gasteiger partial charge in [0.25, 0.3) is 0 Å². The quantitative estimate of drug-likeness (QED) is 0.380. The van der Waals surface area contributed by atoms with E-state index in [1.807, 2.05) is 24.0 Å². The van der Waals surface area contributed by atoms with Crippen LogP contribution in [0.1, 0.15) is 23.6 Å². The number of carbonyl (C=O) groups excluding carboxylic acids is 1. The zero-order valence-electron chi connectivity index (χ0n) is 16.0. The summed E-state index contributed by atoms with van der Waals surface area (Å²) >= 11 is 0. The Morgan fingerprint density at radius 2 is 1.82 bits per heavy atom. The molecule has 0 radical (unpaired) electrons. The Morgan fingerprint density at radius 1 is 1.11 bits per heavy atom. The number of hydrogen-bond donors (Lipinski definition) is 2. The molecule has 2 N–H and O–H groups in total. The Labute approximate surface area is 182 Å². The molecule has 1 aliphatic rings. The second-order valence-corrected chi connectivity index (χ2v) is 6.47. The SMILES string of the molecule is CCNC(=NCc1ccccc1F)NCC(=O)N1CCc2ccccc2C1.I. The molecule has 1 heterocycles. The third-order valence-electron chi connectivity index (χ3n) is 4.60. The molecule has 0 fully saturated rings. The third kappa shape index (κ3) is 5.92. The summed E-state index contributed by atoms with van der Waals surface area (Å²) < 4.78 is 13.7. The van der Waals surface area contributed by atoms with Crippen molar-refractivity contribution >= 4 is 35.8 Å². The van der Waals surface area contributed by atoms with Crippen LogP contribution in [0.4, 0.5) is 4.39 Å². The molecule has 0 bridgehead atoms. The van der Waals surface area contributed by atoms with E-state index in [1.54, 1.807) is 18.2 Å². The molecular weight excluding hydrogens is 470 g/mol. The number of carbonyl (C=O) groups is 1. The number of nitrogens with one attached hydrogen (secondary N) is 2. The fourth-order valence-electron chi connectivity index (χ4n) is 3.11. The maximum absolute atomic E-state index is 13.7. The molecule has 2 aromatic carbocycles. The van der Waals surface area contributed by atoms with E-state index in [9.17, 15) is 9.18 Å². The van der Waals surface area contributed by atoms with Crippen molar-refractivity contribution in [2.45, 2.75) is 26.4 Å². The van der Waals surface area contributed by atoms with Gasteiger partial charge in [-0.2, -0.15) is 0 Å². The average Bonchev–Trinajstić information content (AvgIpc) is 2.70. The number of benzene rings is 2. The van der Waals surface area contributed by atoms with Crippen LogP contribution in [-0.2, 0) is 24.3 Å². The van der Waals surface area contributed by atoms with Gasteiger partial charge in [-0.3, -0.25) is 4.79 Å². The number of nitrogens with zero attached hydrogens (tertiary/aromatic N) is 2. The maximum Gasteiger partial charge on any atom is 0.242 e. The molecule has 2 aromatic rings. The number of guanidine groups is 1. The van der Waals surface area contributed by atoms with Gasteiger partial charge in [0, 0.05) is 25.2 Å². The predicted octanol–water partition coefficient (Wildman–Crippen LogP) is 3.08. The van der Waals surface area contributed by atoms with Gasteiger partial charge in [-0.25, -0.2) is 9.38 Å². The molecule has 0 saturated heterocycles. The van der Waals surface area contributed by atoms with Crippen molar-refractivity contribution in [3.63, 3.8) is 0 Å². The van der Waals surface area contributed by atoms with Crippen molar-refractivity contribution < 1.29 is 9.18 Å². The predicted molar refractivity (Wildman–Crippen MR) is 120 cm³/mol. The van der Waals surface area contributed by atoms with Crippen LogP contribution in [0.25, 0.3) is 0 Å². The molecule has 0 aromatic heterocycles. The number of hydrogen-bond acceptors (Lipinski definition) is 2. The van der Waals surface area contributed by atoms with Gasteiger partial charge in [-0.05, 0) is 30.5 Å². The lowest BCUT2D eigenvalue weighted by Crippen LogP contribution is -2.45. The number of amides is 1. The van der Waals surface area contributed by atoms with E-state index in [1.165, 1.54) is 17.2 Å². The number of fused-ring (bicyclic) bond motifs is 1. The molecule has 150 valence electrons. The van der Waals surface area contributed by atoms with Crippen molar-refractivity contribution in [3.05, 3.63) is 71.0 Å². The van der Waals surface area contributed by atoms with Crippen LogP contribution in [-0.4, -0.2) is 36.4 Å². The number of rotatable bonds is 5. The van der Waals surface area contributed by atoms with E-state index in [2.05, 4.69) is 27.8 Å². The minimum Gasteiger partial charge on any atom is -0.357 e. The summed E-state index contributed by atoms with van der Waals surface area (Å²) in [6, 6.07) is 14.8. The highest BCUT2D eigenvalue weighted by Crippen LogP contribution is 2.18. The van der Waals surface area contributed by atoms with Gasteiger partial charge < -0.3 is 15.5 Å².